The van der Waals surface area contributed by atoms with Gasteiger partial charge in [-0.05, 0) is 72.8 Å². The van der Waals surface area contributed by atoms with Gasteiger partial charge in [0.25, 0.3) is 0 Å². The molecule has 14 rings (SSSR count). The van der Waals surface area contributed by atoms with Crippen molar-refractivity contribution in [3.63, 3.8) is 0 Å². The zero-order valence-corrected chi connectivity index (χ0v) is 33.3. The van der Waals surface area contributed by atoms with Crippen LogP contribution in [0.2, 0.25) is 0 Å². The summed E-state index contributed by atoms with van der Waals surface area (Å²) < 4.78 is 18.3. The molecule has 0 aliphatic rings. The van der Waals surface area contributed by atoms with Crippen LogP contribution in [0, 0.1) is 0 Å². The lowest BCUT2D eigenvalue weighted by molar-refractivity contribution is 1.16. The SMILES string of the molecule is c1ccc(-n2c3ccc(-n4c5c6ccccc6sc5c5sc6ccccc6c54)cc3c3cc(-n4c5c6ccccc6sc5c5sc6ccccc6c54)ccc32)cc1. The lowest BCUT2D eigenvalue weighted by atomic mass is 10.1. The number of thiophene rings is 4. The molecule has 7 aromatic carbocycles. The Morgan fingerprint density at radius 3 is 0.965 bits per heavy atom. The number of hydrogen-bond acceptors (Lipinski definition) is 4. The van der Waals surface area contributed by atoms with E-state index in [9.17, 15) is 0 Å². The second-order valence-electron chi connectivity index (χ2n) is 14.8. The van der Waals surface area contributed by atoms with Crippen molar-refractivity contribution >= 4 is 148 Å². The second-order valence-corrected chi connectivity index (χ2v) is 19.1. The fourth-order valence-corrected chi connectivity index (χ4v) is 14.5. The van der Waals surface area contributed by atoms with E-state index in [4.69, 9.17) is 0 Å². The number of benzene rings is 7. The van der Waals surface area contributed by atoms with Crippen LogP contribution in [0.4, 0.5) is 0 Å². The predicted octanol–water partition coefficient (Wildman–Crippen LogP) is 15.8. The standard InChI is InChI=1S/C50H27N3S4/c1-2-12-28(13-3-1)51-37-24-22-29(52-43-31-14-4-8-18-39(31)54-47(43)48-44(52)32-15-5-9-19-40(32)55-48)26-35(37)36-27-30(23-25-38(36)51)53-45-33-16-6-10-20-41(33)56-49(45)50-46(53)34-17-7-11-21-42(34)57-50/h1-27H. The van der Waals surface area contributed by atoms with Gasteiger partial charge in [-0.2, -0.15) is 0 Å². The smallest absolute Gasteiger partial charge is 0.0736 e. The van der Waals surface area contributed by atoms with E-state index in [1.165, 1.54) is 114 Å². The molecule has 0 spiro atoms. The first-order chi connectivity index (χ1) is 28.3. The Morgan fingerprint density at radius 1 is 0.263 bits per heavy atom. The topological polar surface area (TPSA) is 14.8 Å². The molecule has 7 heterocycles. The van der Waals surface area contributed by atoms with E-state index in [-0.39, 0.29) is 0 Å². The van der Waals surface area contributed by atoms with E-state index in [0.717, 1.165) is 5.69 Å². The first kappa shape index (κ1) is 30.9. The third-order valence-electron chi connectivity index (χ3n) is 11.8. The maximum atomic E-state index is 2.56. The molecule has 0 bridgehead atoms. The summed E-state index contributed by atoms with van der Waals surface area (Å²) in [5.41, 5.74) is 11.2. The molecular formula is C50H27N3S4. The highest BCUT2D eigenvalue weighted by atomic mass is 32.1. The minimum atomic E-state index is 1.16. The third kappa shape index (κ3) is 4.04. The molecule has 0 aliphatic carbocycles. The Kier molecular flexibility index (Phi) is 6.09. The van der Waals surface area contributed by atoms with Crippen molar-refractivity contribution in [2.45, 2.75) is 0 Å². The normalized spacial score (nSPS) is 12.6. The molecule has 57 heavy (non-hydrogen) atoms. The van der Waals surface area contributed by atoms with Crippen LogP contribution in [-0.4, -0.2) is 13.7 Å². The molecular weight excluding hydrogens is 771 g/mol. The number of hydrogen-bond donors (Lipinski definition) is 0. The molecule has 0 amide bonds. The second kappa shape index (κ2) is 11.2. The summed E-state index contributed by atoms with van der Waals surface area (Å²) in [4.78, 5) is 0. The molecule has 7 heteroatoms. The van der Waals surface area contributed by atoms with Crippen LogP contribution in [0.15, 0.2) is 164 Å². The highest BCUT2D eigenvalue weighted by Gasteiger charge is 2.25. The van der Waals surface area contributed by atoms with Crippen molar-refractivity contribution in [3.05, 3.63) is 164 Å². The maximum absolute atomic E-state index is 2.56. The minimum Gasteiger partial charge on any atom is -0.309 e. The highest BCUT2D eigenvalue weighted by molar-refractivity contribution is 7.34. The van der Waals surface area contributed by atoms with Gasteiger partial charge >= 0.3 is 0 Å². The van der Waals surface area contributed by atoms with Gasteiger partial charge in [0.15, 0.2) is 0 Å². The van der Waals surface area contributed by atoms with Crippen molar-refractivity contribution < 1.29 is 0 Å². The Balaban J connectivity index is 1.12. The molecule has 266 valence electrons. The van der Waals surface area contributed by atoms with E-state index < -0.39 is 0 Å². The van der Waals surface area contributed by atoms with E-state index in [2.05, 4.69) is 177 Å². The zero-order chi connectivity index (χ0) is 36.9. The molecule has 0 saturated heterocycles. The largest absolute Gasteiger partial charge is 0.309 e. The van der Waals surface area contributed by atoms with Crippen LogP contribution < -0.4 is 0 Å². The van der Waals surface area contributed by atoms with Crippen molar-refractivity contribution in [2.24, 2.45) is 0 Å². The van der Waals surface area contributed by atoms with Gasteiger partial charge in [-0.15, -0.1) is 45.3 Å². The van der Waals surface area contributed by atoms with Crippen LogP contribution >= 0.6 is 45.3 Å². The lowest BCUT2D eigenvalue weighted by Gasteiger charge is -2.10. The van der Waals surface area contributed by atoms with Crippen molar-refractivity contribution in [1.82, 2.24) is 13.7 Å². The Bertz CT molecular complexity index is 3580. The Labute approximate surface area is 340 Å². The van der Waals surface area contributed by atoms with Gasteiger partial charge in [-0.1, -0.05) is 91.0 Å². The Hall–Kier alpha value is -6.22. The summed E-state index contributed by atoms with van der Waals surface area (Å²) in [6.07, 6.45) is 0. The summed E-state index contributed by atoms with van der Waals surface area (Å²) in [6, 6.07) is 60.8. The van der Waals surface area contributed by atoms with Gasteiger partial charge in [0.05, 0.1) is 51.9 Å². The quantitative estimate of drug-likeness (QED) is 0.169. The number of nitrogens with zero attached hydrogens (tertiary/aromatic N) is 3. The molecule has 0 N–H and O–H groups in total. The summed E-state index contributed by atoms with van der Waals surface area (Å²) >= 11 is 7.68. The molecule has 0 unspecified atom stereocenters. The molecule has 0 aliphatic heterocycles. The highest BCUT2D eigenvalue weighted by Crippen LogP contribution is 2.50. The molecule has 3 nitrogen and oxygen atoms in total. The van der Waals surface area contributed by atoms with Crippen LogP contribution in [-0.2, 0) is 0 Å². The molecule has 7 aromatic heterocycles. The first-order valence-electron chi connectivity index (χ1n) is 19.1. The minimum absolute atomic E-state index is 1.16. The van der Waals surface area contributed by atoms with E-state index in [0.29, 0.717) is 0 Å². The molecule has 0 radical (unpaired) electrons. The van der Waals surface area contributed by atoms with Gasteiger partial charge in [0.2, 0.25) is 0 Å². The van der Waals surface area contributed by atoms with Gasteiger partial charge in [0, 0.05) is 68.2 Å². The van der Waals surface area contributed by atoms with Crippen LogP contribution in [0.5, 0.6) is 0 Å². The fourth-order valence-electron chi connectivity index (χ4n) is 9.50. The van der Waals surface area contributed by atoms with Crippen molar-refractivity contribution in [2.75, 3.05) is 0 Å². The van der Waals surface area contributed by atoms with Gasteiger partial charge in [0.1, 0.15) is 0 Å². The average molecular weight is 798 g/mol. The number of para-hydroxylation sites is 1. The third-order valence-corrected chi connectivity index (χ3v) is 16.8. The van der Waals surface area contributed by atoms with Crippen molar-refractivity contribution in [1.29, 1.82) is 0 Å². The predicted molar refractivity (Wildman–Crippen MR) is 251 cm³/mol. The monoisotopic (exact) mass is 797 g/mol. The zero-order valence-electron chi connectivity index (χ0n) is 30.1. The van der Waals surface area contributed by atoms with Crippen LogP contribution in [0.1, 0.15) is 0 Å². The molecule has 0 saturated carbocycles. The Morgan fingerprint density at radius 2 is 0.596 bits per heavy atom. The summed E-state index contributed by atoms with van der Waals surface area (Å²) in [6.45, 7) is 0. The van der Waals surface area contributed by atoms with Gasteiger partial charge in [-0.25, -0.2) is 0 Å². The van der Waals surface area contributed by atoms with E-state index >= 15 is 0 Å². The summed E-state index contributed by atoms with van der Waals surface area (Å²) in [7, 11) is 0. The number of rotatable bonds is 3. The summed E-state index contributed by atoms with van der Waals surface area (Å²) in [5, 5.41) is 7.73. The maximum Gasteiger partial charge on any atom is 0.0736 e. The van der Waals surface area contributed by atoms with Crippen LogP contribution in [0.3, 0.4) is 0 Å². The molecule has 0 fully saturated rings. The average Bonchev–Trinajstić information content (AvgIpc) is 4.12. The van der Waals surface area contributed by atoms with E-state index in [1.807, 2.05) is 45.3 Å². The molecule has 0 atom stereocenters. The summed E-state index contributed by atoms with van der Waals surface area (Å²) in [5.74, 6) is 0. The number of aromatic nitrogens is 3. The van der Waals surface area contributed by atoms with Gasteiger partial charge < -0.3 is 13.7 Å². The molecule has 14 aromatic rings. The van der Waals surface area contributed by atoms with Crippen molar-refractivity contribution in [3.8, 4) is 17.1 Å². The number of fused-ring (bicyclic) bond motifs is 17. The van der Waals surface area contributed by atoms with E-state index in [1.54, 1.807) is 0 Å². The fraction of sp³-hybridized carbons (Fsp3) is 0. The first-order valence-corrected chi connectivity index (χ1v) is 22.4. The van der Waals surface area contributed by atoms with Gasteiger partial charge in [-0.3, -0.25) is 0 Å². The lowest BCUT2D eigenvalue weighted by Crippen LogP contribution is -1.96. The van der Waals surface area contributed by atoms with Crippen LogP contribution in [0.25, 0.3) is 120 Å².